The highest BCUT2D eigenvalue weighted by Gasteiger charge is 2.19. The molecule has 2 aromatic rings. The Labute approximate surface area is 138 Å². The molecule has 1 N–H and O–H groups in total. The first-order chi connectivity index (χ1) is 11.0. The molecule has 0 unspecified atom stereocenters. The largest absolute Gasteiger partial charge is 0.482 e. The van der Waals surface area contributed by atoms with Crippen LogP contribution in [0.1, 0.15) is 15.9 Å². The summed E-state index contributed by atoms with van der Waals surface area (Å²) in [4.78, 5) is 25.4. The lowest BCUT2D eigenvalue weighted by Gasteiger charge is -2.21. The van der Waals surface area contributed by atoms with E-state index >= 15 is 0 Å². The SMILES string of the molecule is CN(Cc1cccc(Cl)c1)C(=O)c1ccc2c(c1)OCC(=O)N2. The molecule has 1 aliphatic heterocycles. The normalized spacial score (nSPS) is 12.9. The summed E-state index contributed by atoms with van der Waals surface area (Å²) in [5, 5.41) is 3.34. The van der Waals surface area contributed by atoms with Gasteiger partial charge in [-0.25, -0.2) is 0 Å². The number of hydrogen-bond donors (Lipinski definition) is 1. The van der Waals surface area contributed by atoms with Crippen LogP contribution in [-0.2, 0) is 11.3 Å². The van der Waals surface area contributed by atoms with E-state index in [0.717, 1.165) is 5.56 Å². The van der Waals surface area contributed by atoms with Crippen LogP contribution in [0.3, 0.4) is 0 Å². The van der Waals surface area contributed by atoms with Crippen LogP contribution in [-0.4, -0.2) is 30.4 Å². The monoisotopic (exact) mass is 330 g/mol. The molecule has 0 fully saturated rings. The second-order valence-electron chi connectivity index (χ2n) is 5.34. The van der Waals surface area contributed by atoms with Gasteiger partial charge in [0.1, 0.15) is 5.75 Å². The Balaban J connectivity index is 1.76. The second-order valence-corrected chi connectivity index (χ2v) is 5.78. The molecular formula is C17H15ClN2O3. The first-order valence-electron chi connectivity index (χ1n) is 7.09. The predicted octanol–water partition coefficient (Wildman–Crippen LogP) is 2.94. The van der Waals surface area contributed by atoms with Gasteiger partial charge in [0.25, 0.3) is 11.8 Å². The molecule has 1 heterocycles. The number of nitrogens with one attached hydrogen (secondary N) is 1. The fourth-order valence-corrected chi connectivity index (χ4v) is 2.62. The van der Waals surface area contributed by atoms with Gasteiger partial charge in [0.15, 0.2) is 6.61 Å². The van der Waals surface area contributed by atoms with Crippen molar-refractivity contribution in [1.82, 2.24) is 4.90 Å². The Kier molecular flexibility index (Phi) is 4.21. The summed E-state index contributed by atoms with van der Waals surface area (Å²) < 4.78 is 5.34. The summed E-state index contributed by atoms with van der Waals surface area (Å²) in [6.45, 7) is 0.414. The first-order valence-corrected chi connectivity index (χ1v) is 7.47. The van der Waals surface area contributed by atoms with Crippen LogP contribution >= 0.6 is 11.6 Å². The van der Waals surface area contributed by atoms with E-state index in [9.17, 15) is 9.59 Å². The van der Waals surface area contributed by atoms with Crippen molar-refractivity contribution in [3.05, 3.63) is 58.6 Å². The summed E-state index contributed by atoms with van der Waals surface area (Å²) in [6.07, 6.45) is 0. The Morgan fingerprint density at radius 1 is 1.30 bits per heavy atom. The molecule has 6 heteroatoms. The summed E-state index contributed by atoms with van der Waals surface area (Å²) in [6, 6.07) is 12.4. The van der Waals surface area contributed by atoms with Crippen LogP contribution in [0.2, 0.25) is 5.02 Å². The summed E-state index contributed by atoms with van der Waals surface area (Å²) in [5.74, 6) is 0.175. The summed E-state index contributed by atoms with van der Waals surface area (Å²) in [7, 11) is 1.73. The maximum atomic E-state index is 12.5. The van der Waals surface area contributed by atoms with Gasteiger partial charge in [0.05, 0.1) is 5.69 Å². The molecule has 118 valence electrons. The van der Waals surface area contributed by atoms with Crippen molar-refractivity contribution in [3.8, 4) is 5.75 Å². The third-order valence-electron chi connectivity index (χ3n) is 3.52. The van der Waals surface area contributed by atoms with Gasteiger partial charge < -0.3 is 15.0 Å². The highest BCUT2D eigenvalue weighted by molar-refractivity contribution is 6.30. The highest BCUT2D eigenvalue weighted by Crippen LogP contribution is 2.29. The fourth-order valence-electron chi connectivity index (χ4n) is 2.41. The summed E-state index contributed by atoms with van der Waals surface area (Å²) in [5.41, 5.74) is 2.04. The fraction of sp³-hybridized carbons (Fsp3) is 0.176. The number of rotatable bonds is 3. The number of nitrogens with zero attached hydrogens (tertiary/aromatic N) is 1. The van der Waals surface area contributed by atoms with E-state index in [1.54, 1.807) is 36.2 Å². The standard InChI is InChI=1S/C17H15ClN2O3/c1-20(9-11-3-2-4-13(18)7-11)17(22)12-5-6-14-15(8-12)23-10-16(21)19-14/h2-8H,9-10H2,1H3,(H,19,21). The lowest BCUT2D eigenvalue weighted by Crippen LogP contribution is -2.28. The van der Waals surface area contributed by atoms with Gasteiger partial charge in [-0.1, -0.05) is 23.7 Å². The molecule has 0 radical (unpaired) electrons. The average molecular weight is 331 g/mol. The van der Waals surface area contributed by atoms with E-state index in [0.29, 0.717) is 28.6 Å². The number of carbonyl (C=O) groups is 2. The Morgan fingerprint density at radius 3 is 2.91 bits per heavy atom. The third kappa shape index (κ3) is 3.46. The van der Waals surface area contributed by atoms with Gasteiger partial charge in [0.2, 0.25) is 0 Å². The van der Waals surface area contributed by atoms with Gasteiger partial charge in [0, 0.05) is 24.2 Å². The number of ether oxygens (including phenoxy) is 1. The Morgan fingerprint density at radius 2 is 2.13 bits per heavy atom. The number of benzene rings is 2. The topological polar surface area (TPSA) is 58.6 Å². The molecule has 0 spiro atoms. The maximum absolute atomic E-state index is 12.5. The molecule has 0 aliphatic carbocycles. The molecule has 0 aromatic heterocycles. The maximum Gasteiger partial charge on any atom is 0.262 e. The van der Waals surface area contributed by atoms with Gasteiger partial charge in [-0.05, 0) is 35.9 Å². The van der Waals surface area contributed by atoms with E-state index < -0.39 is 0 Å². The van der Waals surface area contributed by atoms with Crippen molar-refractivity contribution in [2.24, 2.45) is 0 Å². The minimum absolute atomic E-state index is 0.0387. The van der Waals surface area contributed by atoms with Gasteiger partial charge >= 0.3 is 0 Å². The van der Waals surface area contributed by atoms with Crippen molar-refractivity contribution in [2.75, 3.05) is 19.0 Å². The van der Waals surface area contributed by atoms with Crippen molar-refractivity contribution >= 4 is 29.1 Å². The molecule has 2 amide bonds. The van der Waals surface area contributed by atoms with E-state index in [1.807, 2.05) is 18.2 Å². The number of halogens is 1. The zero-order valence-corrected chi connectivity index (χ0v) is 13.3. The van der Waals surface area contributed by atoms with E-state index in [-0.39, 0.29) is 18.4 Å². The van der Waals surface area contributed by atoms with Crippen molar-refractivity contribution < 1.29 is 14.3 Å². The average Bonchev–Trinajstić information content (AvgIpc) is 2.53. The van der Waals surface area contributed by atoms with Crippen LogP contribution < -0.4 is 10.1 Å². The molecule has 3 rings (SSSR count). The van der Waals surface area contributed by atoms with Crippen LogP contribution in [0.4, 0.5) is 5.69 Å². The molecule has 23 heavy (non-hydrogen) atoms. The summed E-state index contributed by atoms with van der Waals surface area (Å²) >= 11 is 5.96. The molecule has 0 bridgehead atoms. The van der Waals surface area contributed by atoms with Crippen LogP contribution in [0, 0.1) is 0 Å². The van der Waals surface area contributed by atoms with Crippen LogP contribution in [0.5, 0.6) is 5.75 Å². The molecule has 1 aliphatic rings. The molecule has 0 saturated heterocycles. The quantitative estimate of drug-likeness (QED) is 0.941. The highest BCUT2D eigenvalue weighted by atomic mass is 35.5. The molecule has 0 atom stereocenters. The van der Waals surface area contributed by atoms with Crippen LogP contribution in [0.15, 0.2) is 42.5 Å². The first kappa shape index (κ1) is 15.4. The van der Waals surface area contributed by atoms with Crippen molar-refractivity contribution in [3.63, 3.8) is 0 Å². The van der Waals surface area contributed by atoms with Crippen molar-refractivity contribution in [2.45, 2.75) is 6.54 Å². The number of amides is 2. The lowest BCUT2D eigenvalue weighted by atomic mass is 10.1. The molecule has 0 saturated carbocycles. The molecular weight excluding hydrogens is 316 g/mol. The Bertz CT molecular complexity index is 776. The number of fused-ring (bicyclic) bond motifs is 1. The van der Waals surface area contributed by atoms with E-state index in [1.165, 1.54) is 0 Å². The van der Waals surface area contributed by atoms with Crippen molar-refractivity contribution in [1.29, 1.82) is 0 Å². The number of carbonyl (C=O) groups excluding carboxylic acids is 2. The number of anilines is 1. The zero-order valence-electron chi connectivity index (χ0n) is 12.5. The van der Waals surface area contributed by atoms with E-state index in [2.05, 4.69) is 5.32 Å². The van der Waals surface area contributed by atoms with Gasteiger partial charge in [-0.2, -0.15) is 0 Å². The third-order valence-corrected chi connectivity index (χ3v) is 3.75. The van der Waals surface area contributed by atoms with Crippen LogP contribution in [0.25, 0.3) is 0 Å². The minimum Gasteiger partial charge on any atom is -0.482 e. The second kappa shape index (κ2) is 6.30. The molecule has 2 aromatic carbocycles. The lowest BCUT2D eigenvalue weighted by molar-refractivity contribution is -0.118. The molecule has 5 nitrogen and oxygen atoms in total. The van der Waals surface area contributed by atoms with Gasteiger partial charge in [-0.3, -0.25) is 9.59 Å². The smallest absolute Gasteiger partial charge is 0.262 e. The number of hydrogen-bond acceptors (Lipinski definition) is 3. The predicted molar refractivity (Wildman–Crippen MR) is 87.8 cm³/mol. The zero-order chi connectivity index (χ0) is 16.4. The van der Waals surface area contributed by atoms with E-state index in [4.69, 9.17) is 16.3 Å². The van der Waals surface area contributed by atoms with Gasteiger partial charge in [-0.15, -0.1) is 0 Å². The minimum atomic E-state index is -0.199. The Hall–Kier alpha value is -2.53.